The first-order valence-electron chi connectivity index (χ1n) is 8.59. The molecule has 1 aromatic carbocycles. The molecule has 9 heteroatoms. The van der Waals surface area contributed by atoms with Gasteiger partial charge in [0.05, 0.1) is 11.1 Å². The van der Waals surface area contributed by atoms with E-state index < -0.39 is 16.1 Å². The molecule has 0 N–H and O–H groups in total. The normalized spacial score (nSPS) is 18.4. The highest BCUT2D eigenvalue weighted by molar-refractivity contribution is 7.89. The molecule has 142 valence electrons. The summed E-state index contributed by atoms with van der Waals surface area (Å²) in [4.78, 5) is 0.0786. The smallest absolute Gasteiger partial charge is 0.245 e. The van der Waals surface area contributed by atoms with Crippen molar-refractivity contribution in [1.82, 2.24) is 18.9 Å². The van der Waals surface area contributed by atoms with Crippen LogP contribution >= 0.6 is 23.2 Å². The Labute approximate surface area is 167 Å². The maximum Gasteiger partial charge on any atom is 0.245 e. The minimum atomic E-state index is -3.85. The number of fused-ring (bicyclic) bond motifs is 1. The molecule has 1 aliphatic rings. The summed E-state index contributed by atoms with van der Waals surface area (Å²) in [5, 5.41) is 9.03. The zero-order valence-corrected chi connectivity index (χ0v) is 17.2. The fourth-order valence-electron chi connectivity index (χ4n) is 3.61. The van der Waals surface area contributed by atoms with Gasteiger partial charge < -0.3 is 0 Å². The molecule has 1 saturated heterocycles. The molecule has 0 spiro atoms. The number of hydrogen-bond donors (Lipinski definition) is 0. The summed E-state index contributed by atoms with van der Waals surface area (Å²) in [6, 6.07) is 6.86. The van der Waals surface area contributed by atoms with Crippen molar-refractivity contribution in [2.75, 3.05) is 6.54 Å². The Morgan fingerprint density at radius 2 is 1.96 bits per heavy atom. The van der Waals surface area contributed by atoms with Crippen LogP contribution in [-0.2, 0) is 10.0 Å². The topological polar surface area (TPSA) is 67.6 Å². The number of halogens is 2. The van der Waals surface area contributed by atoms with E-state index in [0.717, 1.165) is 6.42 Å². The highest BCUT2D eigenvalue weighted by Crippen LogP contribution is 2.41. The van der Waals surface area contributed by atoms with Gasteiger partial charge in [-0.05, 0) is 56.0 Å². The average Bonchev–Trinajstić information content (AvgIpc) is 3.26. The second-order valence-corrected chi connectivity index (χ2v) is 9.32. The maximum absolute atomic E-state index is 13.5. The third kappa shape index (κ3) is 2.93. The molecule has 0 radical (unpaired) electrons. The number of aryl methyl sites for hydroxylation is 1. The van der Waals surface area contributed by atoms with Crippen LogP contribution in [0.1, 0.15) is 35.8 Å². The molecule has 3 heterocycles. The summed E-state index contributed by atoms with van der Waals surface area (Å²) in [6.07, 6.45) is 3.25. The van der Waals surface area contributed by atoms with Crippen molar-refractivity contribution in [1.29, 1.82) is 0 Å². The molecule has 1 aliphatic heterocycles. The van der Waals surface area contributed by atoms with Crippen LogP contribution in [0.4, 0.5) is 0 Å². The summed E-state index contributed by atoms with van der Waals surface area (Å²) < 4.78 is 30.4. The van der Waals surface area contributed by atoms with Gasteiger partial charge in [0.15, 0.2) is 11.5 Å². The Balaban J connectivity index is 1.85. The molecular formula is C18H18Cl2N4O2S. The molecule has 0 bridgehead atoms. The lowest BCUT2D eigenvalue weighted by Crippen LogP contribution is -2.32. The van der Waals surface area contributed by atoms with E-state index in [1.165, 1.54) is 4.31 Å². The maximum atomic E-state index is 13.5. The number of aromatic nitrogens is 3. The molecular weight excluding hydrogens is 407 g/mol. The number of nitrogens with zero attached hydrogens (tertiary/aromatic N) is 4. The lowest BCUT2D eigenvalue weighted by Gasteiger charge is -2.25. The van der Waals surface area contributed by atoms with Crippen molar-refractivity contribution >= 4 is 38.9 Å². The number of benzene rings is 1. The minimum absolute atomic E-state index is 0.0786. The van der Waals surface area contributed by atoms with Crippen LogP contribution in [0.3, 0.4) is 0 Å². The van der Waals surface area contributed by atoms with E-state index in [1.54, 1.807) is 19.9 Å². The van der Waals surface area contributed by atoms with Crippen LogP contribution in [0.25, 0.3) is 5.65 Å². The van der Waals surface area contributed by atoms with Crippen molar-refractivity contribution < 1.29 is 8.42 Å². The summed E-state index contributed by atoms with van der Waals surface area (Å²) in [5.74, 6) is 0.610. The van der Waals surface area contributed by atoms with Gasteiger partial charge in [0.2, 0.25) is 10.0 Å². The van der Waals surface area contributed by atoms with Gasteiger partial charge in [-0.3, -0.25) is 4.40 Å². The molecule has 0 aliphatic carbocycles. The monoisotopic (exact) mass is 424 g/mol. The second-order valence-electron chi connectivity index (χ2n) is 6.70. The minimum Gasteiger partial charge on any atom is -0.285 e. The van der Waals surface area contributed by atoms with Gasteiger partial charge in [0.25, 0.3) is 0 Å². The Bertz CT molecular complexity index is 1120. The van der Waals surface area contributed by atoms with Gasteiger partial charge in [-0.1, -0.05) is 29.3 Å². The average molecular weight is 425 g/mol. The number of pyridine rings is 1. The summed E-state index contributed by atoms with van der Waals surface area (Å²) in [6.45, 7) is 3.83. The second kappa shape index (κ2) is 6.74. The first-order valence-corrected chi connectivity index (χ1v) is 10.8. The predicted octanol–water partition coefficient (Wildman–Crippen LogP) is 4.18. The largest absolute Gasteiger partial charge is 0.285 e. The third-order valence-electron chi connectivity index (χ3n) is 5.00. The Morgan fingerprint density at radius 3 is 2.74 bits per heavy atom. The van der Waals surface area contributed by atoms with Crippen molar-refractivity contribution in [3.8, 4) is 0 Å². The Morgan fingerprint density at radius 1 is 1.19 bits per heavy atom. The molecule has 0 amide bonds. The lowest BCUT2D eigenvalue weighted by molar-refractivity contribution is 0.381. The van der Waals surface area contributed by atoms with Crippen molar-refractivity contribution in [2.45, 2.75) is 37.6 Å². The molecule has 4 rings (SSSR count). The molecule has 2 aromatic heterocycles. The Hall–Kier alpha value is -1.67. The quantitative estimate of drug-likeness (QED) is 0.632. The van der Waals surface area contributed by atoms with Crippen LogP contribution in [0.5, 0.6) is 0 Å². The van der Waals surface area contributed by atoms with Crippen molar-refractivity contribution in [3.63, 3.8) is 0 Å². The first-order chi connectivity index (χ1) is 12.8. The van der Waals surface area contributed by atoms with Gasteiger partial charge in [-0.25, -0.2) is 8.42 Å². The van der Waals surface area contributed by atoms with E-state index >= 15 is 0 Å². The fourth-order valence-corrected chi connectivity index (χ4v) is 6.44. The SMILES string of the molecule is Cc1cc(Cl)c(C)c(S(=O)(=O)N2CCCC2c2nnc3ccccn23)c1Cl. The molecule has 27 heavy (non-hydrogen) atoms. The highest BCUT2D eigenvalue weighted by Gasteiger charge is 2.40. The third-order valence-corrected chi connectivity index (χ3v) is 8.07. The van der Waals surface area contributed by atoms with Gasteiger partial charge >= 0.3 is 0 Å². The van der Waals surface area contributed by atoms with Crippen LogP contribution in [0.2, 0.25) is 10.0 Å². The highest BCUT2D eigenvalue weighted by atomic mass is 35.5. The lowest BCUT2D eigenvalue weighted by atomic mass is 10.2. The zero-order valence-electron chi connectivity index (χ0n) is 14.9. The zero-order chi connectivity index (χ0) is 19.3. The molecule has 1 unspecified atom stereocenters. The van der Waals surface area contributed by atoms with E-state index in [2.05, 4.69) is 10.2 Å². The first kappa shape index (κ1) is 18.7. The number of sulfonamides is 1. The fraction of sp³-hybridized carbons (Fsp3) is 0.333. The molecule has 0 saturated carbocycles. The standard InChI is InChI=1S/C18H18Cl2N4O2S/c1-11-10-13(19)12(2)17(16(11)20)27(25,26)24-9-5-6-14(24)18-22-21-15-7-3-4-8-23(15)18/h3-4,7-8,10,14H,5-6,9H2,1-2H3. The van der Waals surface area contributed by atoms with E-state index in [4.69, 9.17) is 23.2 Å². The van der Waals surface area contributed by atoms with Crippen LogP contribution in [0.15, 0.2) is 35.4 Å². The van der Waals surface area contributed by atoms with Crippen molar-refractivity contribution in [2.24, 2.45) is 0 Å². The molecule has 3 aromatic rings. The predicted molar refractivity (Wildman–Crippen MR) is 105 cm³/mol. The van der Waals surface area contributed by atoms with Gasteiger partial charge in [-0.2, -0.15) is 4.31 Å². The van der Waals surface area contributed by atoms with Crippen LogP contribution < -0.4 is 0 Å². The van der Waals surface area contributed by atoms with Crippen LogP contribution in [-0.4, -0.2) is 33.9 Å². The van der Waals surface area contributed by atoms with Crippen molar-refractivity contribution in [3.05, 3.63) is 57.5 Å². The summed E-state index contributed by atoms with van der Waals surface area (Å²) >= 11 is 12.7. The van der Waals surface area contributed by atoms with Crippen LogP contribution in [0, 0.1) is 13.8 Å². The van der Waals surface area contributed by atoms with E-state index in [1.807, 2.05) is 28.8 Å². The molecule has 6 nitrogen and oxygen atoms in total. The summed E-state index contributed by atoms with van der Waals surface area (Å²) in [7, 11) is -3.85. The number of rotatable bonds is 3. The molecule has 1 fully saturated rings. The van der Waals surface area contributed by atoms with Gasteiger partial charge in [0.1, 0.15) is 4.90 Å². The van der Waals surface area contributed by atoms with E-state index in [-0.39, 0.29) is 9.92 Å². The molecule has 1 atom stereocenters. The van der Waals surface area contributed by atoms with Gasteiger partial charge in [-0.15, -0.1) is 10.2 Å². The van der Waals surface area contributed by atoms with E-state index in [9.17, 15) is 8.42 Å². The van der Waals surface area contributed by atoms with Gasteiger partial charge in [0, 0.05) is 17.8 Å². The summed E-state index contributed by atoms with van der Waals surface area (Å²) in [5.41, 5.74) is 1.78. The van der Waals surface area contributed by atoms with E-state index in [0.29, 0.717) is 40.6 Å². The Kier molecular flexibility index (Phi) is 4.66. The number of hydrogen-bond acceptors (Lipinski definition) is 4.